The van der Waals surface area contributed by atoms with Crippen LogP contribution in [0.2, 0.25) is 0 Å². The Morgan fingerprint density at radius 2 is 0.667 bits per heavy atom. The van der Waals surface area contributed by atoms with Gasteiger partial charge in [0, 0.05) is 0 Å². The van der Waals surface area contributed by atoms with Crippen LogP contribution in [-0.2, 0) is 0 Å². The molecule has 0 heteroatoms. The van der Waals surface area contributed by atoms with E-state index >= 15 is 0 Å². The molecule has 0 aromatic rings. The molecule has 0 bridgehead atoms. The highest BCUT2D eigenvalue weighted by Gasteiger charge is 1.75. The van der Waals surface area contributed by atoms with E-state index in [4.69, 9.17) is 0 Å². The van der Waals surface area contributed by atoms with Crippen LogP contribution in [0.1, 0.15) is 102 Å². The van der Waals surface area contributed by atoms with Gasteiger partial charge in [-0.25, -0.2) is 0 Å². The van der Waals surface area contributed by atoms with Crippen molar-refractivity contribution in [3.63, 3.8) is 0 Å². The van der Waals surface area contributed by atoms with Gasteiger partial charge in [0.1, 0.15) is 0 Å². The lowest BCUT2D eigenvalue weighted by molar-refractivity contribution is 0.702. The molecular formula is C15H42. The minimum absolute atomic E-state index is 0. The monoisotopic (exact) mass is 222 g/mol. The molecule has 0 radical (unpaired) electrons. The highest BCUT2D eigenvalue weighted by molar-refractivity contribution is 4.31. The minimum atomic E-state index is 0. The predicted octanol–water partition coefficient (Wildman–Crippen LogP) is 7.33. The quantitative estimate of drug-likeness (QED) is 0.439. The van der Waals surface area contributed by atoms with Crippen molar-refractivity contribution in [1.29, 1.82) is 0 Å². The van der Waals surface area contributed by atoms with Crippen molar-refractivity contribution in [3.8, 4) is 0 Å². The zero-order valence-electron chi connectivity index (χ0n) is 11.5. The largest absolute Gasteiger partial charge is 0.0776 e. The van der Waals surface area contributed by atoms with E-state index < -0.39 is 0 Å². The van der Waals surface area contributed by atoms with E-state index in [0.29, 0.717) is 0 Å². The highest BCUT2D eigenvalue weighted by Crippen LogP contribution is 1.95. The van der Waals surface area contributed by atoms with Crippen LogP contribution in [-0.4, -0.2) is 0 Å². The molecule has 15 heavy (non-hydrogen) atoms. The van der Waals surface area contributed by atoms with Gasteiger partial charge in [0.15, 0.2) is 0 Å². The second kappa shape index (κ2) is 94.6. The number of unbranched alkanes of at least 4 members (excludes halogenated alkanes) is 3. The van der Waals surface area contributed by atoms with Gasteiger partial charge < -0.3 is 0 Å². The van der Waals surface area contributed by atoms with Crippen LogP contribution in [0.15, 0.2) is 0 Å². The molecule has 0 spiro atoms. The summed E-state index contributed by atoms with van der Waals surface area (Å²) in [4.78, 5) is 0. The summed E-state index contributed by atoms with van der Waals surface area (Å²) < 4.78 is 0. The van der Waals surface area contributed by atoms with Crippen LogP contribution < -0.4 is 0 Å². The van der Waals surface area contributed by atoms with Crippen molar-refractivity contribution >= 4 is 0 Å². The van der Waals surface area contributed by atoms with Crippen LogP contribution >= 0.6 is 0 Å². The Kier molecular flexibility index (Phi) is 229. The topological polar surface area (TPSA) is 0 Å². The summed E-state index contributed by atoms with van der Waals surface area (Å²) in [6.07, 6.45) is 6.79. The number of hydrogen-bond acceptors (Lipinski definition) is 0. The van der Waals surface area contributed by atoms with Gasteiger partial charge in [-0.15, -0.1) is 0 Å². The maximum Gasteiger partial charge on any atom is -0.0536 e. The fourth-order valence-corrected chi connectivity index (χ4v) is 0.500. The molecule has 0 aliphatic carbocycles. The first-order chi connectivity index (χ1) is 6.33. The molecule has 0 aliphatic rings. The zero-order valence-corrected chi connectivity index (χ0v) is 11.5. The van der Waals surface area contributed by atoms with E-state index in [1.807, 2.05) is 27.7 Å². The summed E-state index contributed by atoms with van der Waals surface area (Å²) in [6, 6.07) is 0. The number of rotatable bonds is 3. The smallest absolute Gasteiger partial charge is 0.0536 e. The second-order valence-corrected chi connectivity index (χ2v) is 2.41. The average Bonchev–Trinajstić information content (AvgIpc) is 2.22. The van der Waals surface area contributed by atoms with Gasteiger partial charge in [0.05, 0.1) is 0 Å². The summed E-state index contributed by atoms with van der Waals surface area (Å²) >= 11 is 0. The molecule has 0 N–H and O–H groups in total. The molecule has 0 nitrogen and oxygen atoms in total. The third kappa shape index (κ3) is 224. The lowest BCUT2D eigenvalue weighted by atomic mass is 10.2. The van der Waals surface area contributed by atoms with Crippen LogP contribution in [0.3, 0.4) is 0 Å². The van der Waals surface area contributed by atoms with Crippen LogP contribution in [0, 0.1) is 0 Å². The average molecular weight is 223 g/mol. The first-order valence-electron chi connectivity index (χ1n) is 6.33. The Labute approximate surface area is 103 Å². The van der Waals surface area contributed by atoms with Crippen molar-refractivity contribution in [2.45, 2.75) is 102 Å². The van der Waals surface area contributed by atoms with Crippen LogP contribution in [0.5, 0.6) is 0 Å². The second-order valence-electron chi connectivity index (χ2n) is 2.41. The first kappa shape index (κ1) is 36.3. The summed E-state index contributed by atoms with van der Waals surface area (Å²) in [5.74, 6) is 0. The molecule has 0 unspecified atom stereocenters. The van der Waals surface area contributed by atoms with Gasteiger partial charge in [-0.2, -0.15) is 0 Å². The molecule has 0 rings (SSSR count). The molecule has 0 saturated heterocycles. The maximum atomic E-state index is 2.23. The Morgan fingerprint density at radius 1 is 0.533 bits per heavy atom. The zero-order chi connectivity index (χ0) is 11.5. The Morgan fingerprint density at radius 3 is 0.733 bits per heavy atom. The van der Waals surface area contributed by atoms with Gasteiger partial charge in [-0.3, -0.25) is 0 Å². The summed E-state index contributed by atoms with van der Waals surface area (Å²) in [5.41, 5.74) is 0. The van der Waals surface area contributed by atoms with Gasteiger partial charge in [-0.1, -0.05) is 102 Å². The standard InChI is InChI=1S/C6H14.C3H8.2C2H6.2CH4/c1-3-5-6-4-2;1-3-2;2*1-2;;/h3-6H2,1-2H3;3H2,1-2H3;2*1-2H3;2*1H4. The molecule has 0 atom stereocenters. The van der Waals surface area contributed by atoms with Crippen molar-refractivity contribution in [2.24, 2.45) is 0 Å². The van der Waals surface area contributed by atoms with E-state index in [1.54, 1.807) is 0 Å². The molecule has 0 amide bonds. The third-order valence-corrected chi connectivity index (χ3v) is 0.957. The molecule has 0 saturated carbocycles. The Hall–Kier alpha value is 0. The molecule has 102 valence electrons. The molecule has 0 heterocycles. The number of hydrogen-bond donors (Lipinski definition) is 0. The lowest BCUT2D eigenvalue weighted by Crippen LogP contribution is -1.66. The van der Waals surface area contributed by atoms with E-state index in [-0.39, 0.29) is 14.9 Å². The van der Waals surface area contributed by atoms with Gasteiger partial charge in [-0.05, 0) is 0 Å². The lowest BCUT2D eigenvalue weighted by Gasteiger charge is -1.86. The van der Waals surface area contributed by atoms with Gasteiger partial charge in [0.25, 0.3) is 0 Å². The van der Waals surface area contributed by atoms with Crippen molar-refractivity contribution < 1.29 is 0 Å². The van der Waals surface area contributed by atoms with Gasteiger partial charge >= 0.3 is 0 Å². The Balaban J connectivity index is -0.0000000197. The molecule has 0 aromatic carbocycles. The van der Waals surface area contributed by atoms with E-state index in [9.17, 15) is 0 Å². The Bertz CT molecular complexity index is 19.2. The first-order valence-corrected chi connectivity index (χ1v) is 6.33. The maximum absolute atomic E-state index is 2.23. The third-order valence-electron chi connectivity index (χ3n) is 0.957. The summed E-state index contributed by atoms with van der Waals surface area (Å²) in [5, 5.41) is 0. The van der Waals surface area contributed by atoms with Crippen molar-refractivity contribution in [1.82, 2.24) is 0 Å². The van der Waals surface area contributed by atoms with Crippen LogP contribution in [0.25, 0.3) is 0 Å². The van der Waals surface area contributed by atoms with E-state index in [0.717, 1.165) is 0 Å². The van der Waals surface area contributed by atoms with E-state index in [2.05, 4.69) is 27.7 Å². The summed E-state index contributed by atoms with van der Waals surface area (Å²) in [7, 11) is 0. The fourth-order valence-electron chi connectivity index (χ4n) is 0.500. The molecule has 0 aliphatic heterocycles. The molecule has 0 aromatic heterocycles. The molecular weight excluding hydrogens is 180 g/mol. The molecule has 0 fully saturated rings. The van der Waals surface area contributed by atoms with E-state index in [1.165, 1.54) is 32.1 Å². The minimum Gasteiger partial charge on any atom is -0.0776 e. The fraction of sp³-hybridized carbons (Fsp3) is 1.00. The van der Waals surface area contributed by atoms with Gasteiger partial charge in [0.2, 0.25) is 0 Å². The van der Waals surface area contributed by atoms with Crippen molar-refractivity contribution in [3.05, 3.63) is 0 Å². The van der Waals surface area contributed by atoms with Crippen LogP contribution in [0.4, 0.5) is 0 Å². The SMILES string of the molecule is C.C.CC.CC.CCC.CCCCCC. The summed E-state index contributed by atoms with van der Waals surface area (Å²) in [6.45, 7) is 16.7. The predicted molar refractivity (Wildman–Crippen MR) is 81.9 cm³/mol. The normalized spacial score (nSPS) is 5.60. The highest BCUT2D eigenvalue weighted by atomic mass is 13.8. The van der Waals surface area contributed by atoms with Crippen molar-refractivity contribution in [2.75, 3.05) is 0 Å².